The van der Waals surface area contributed by atoms with Crippen LogP contribution in [0.1, 0.15) is 30.3 Å². The van der Waals surface area contributed by atoms with Gasteiger partial charge in [0.15, 0.2) is 11.6 Å². The summed E-state index contributed by atoms with van der Waals surface area (Å²) in [5.74, 6) is 0.680. The third-order valence-electron chi connectivity index (χ3n) is 5.60. The molecule has 0 saturated carbocycles. The van der Waals surface area contributed by atoms with Crippen LogP contribution in [0.2, 0.25) is 0 Å². The highest BCUT2D eigenvalue weighted by Gasteiger charge is 2.35. The molecule has 1 unspecified atom stereocenters. The molecule has 0 aliphatic carbocycles. The minimum atomic E-state index is -0.265. The molecule has 1 N–H and O–H groups in total. The molecule has 28 heavy (non-hydrogen) atoms. The number of rotatable bonds is 4. The van der Waals surface area contributed by atoms with Crippen molar-refractivity contribution in [3.8, 4) is 0 Å². The lowest BCUT2D eigenvalue weighted by Gasteiger charge is -2.35. The summed E-state index contributed by atoms with van der Waals surface area (Å²) in [6.07, 6.45) is 3.40. The number of nitrogens with zero attached hydrogens (tertiary/aromatic N) is 2. The van der Waals surface area contributed by atoms with Gasteiger partial charge in [-0.15, -0.1) is 23.1 Å². The van der Waals surface area contributed by atoms with E-state index < -0.39 is 0 Å². The molecule has 6 nitrogen and oxygen atoms in total. The van der Waals surface area contributed by atoms with Crippen molar-refractivity contribution in [3.05, 3.63) is 29.3 Å². The van der Waals surface area contributed by atoms with Crippen molar-refractivity contribution in [2.45, 2.75) is 30.6 Å². The molecule has 0 bridgehead atoms. The maximum absolute atomic E-state index is 13.0. The number of quaternary nitrogens is 1. The summed E-state index contributed by atoms with van der Waals surface area (Å²) in [6, 6.07) is 8.52. The van der Waals surface area contributed by atoms with E-state index in [-0.39, 0.29) is 23.2 Å². The monoisotopic (exact) mass is 420 g/mol. The Labute approximate surface area is 173 Å². The van der Waals surface area contributed by atoms with E-state index in [1.54, 1.807) is 23.1 Å². The summed E-state index contributed by atoms with van der Waals surface area (Å²) >= 11 is 3.34. The first-order valence-corrected chi connectivity index (χ1v) is 11.7. The number of aromatic nitrogens is 1. The van der Waals surface area contributed by atoms with Gasteiger partial charge in [0.05, 0.1) is 23.9 Å². The second-order valence-electron chi connectivity index (χ2n) is 7.38. The molecule has 2 aliphatic heterocycles. The number of hydrogen-bond donors (Lipinski definition) is 1. The number of amides is 1. The van der Waals surface area contributed by atoms with Gasteiger partial charge in [0.1, 0.15) is 11.3 Å². The van der Waals surface area contributed by atoms with Crippen molar-refractivity contribution in [2.75, 3.05) is 39.0 Å². The van der Waals surface area contributed by atoms with Gasteiger partial charge in [-0.25, -0.2) is 4.98 Å². The van der Waals surface area contributed by atoms with Gasteiger partial charge >= 0.3 is 5.97 Å². The number of benzene rings is 1. The molecule has 2 saturated heterocycles. The highest BCUT2D eigenvalue weighted by molar-refractivity contribution is 8.00. The zero-order valence-electron chi connectivity index (χ0n) is 16.1. The number of hydrogen-bond acceptors (Lipinski definition) is 6. The SMILES string of the molecule is COC(=O)[C@H]1CN(C(=O)C[NH+]2CCCC[C@@H]2c2nc3ccccc3s2)CCS1. The van der Waals surface area contributed by atoms with E-state index in [9.17, 15) is 9.59 Å². The molecule has 1 aromatic heterocycles. The van der Waals surface area contributed by atoms with Crippen LogP contribution in [-0.4, -0.2) is 66.1 Å². The smallest absolute Gasteiger partial charge is 0.320 e. The molecule has 3 atom stereocenters. The number of nitrogens with one attached hydrogen (secondary N) is 1. The molecule has 4 rings (SSSR count). The van der Waals surface area contributed by atoms with E-state index in [4.69, 9.17) is 9.72 Å². The Kier molecular flexibility index (Phi) is 6.18. The zero-order valence-corrected chi connectivity index (χ0v) is 17.7. The van der Waals surface area contributed by atoms with Gasteiger partial charge < -0.3 is 14.5 Å². The first-order valence-electron chi connectivity index (χ1n) is 9.83. The molecule has 0 radical (unpaired) electrons. The fourth-order valence-electron chi connectivity index (χ4n) is 4.08. The number of carbonyl (C=O) groups is 2. The lowest BCUT2D eigenvalue weighted by molar-refractivity contribution is -0.929. The zero-order chi connectivity index (χ0) is 19.5. The molecular formula is C20H26N3O3S2+. The second kappa shape index (κ2) is 8.80. The fourth-order valence-corrected chi connectivity index (χ4v) is 6.37. The molecule has 3 heterocycles. The van der Waals surface area contributed by atoms with Gasteiger partial charge in [0, 0.05) is 25.3 Å². The van der Waals surface area contributed by atoms with Crippen LogP contribution in [0.5, 0.6) is 0 Å². The van der Waals surface area contributed by atoms with Crippen LogP contribution in [0.4, 0.5) is 0 Å². The van der Waals surface area contributed by atoms with E-state index >= 15 is 0 Å². The highest BCUT2D eigenvalue weighted by atomic mass is 32.2. The molecule has 2 fully saturated rings. The number of ether oxygens (including phenoxy) is 1. The minimum absolute atomic E-state index is 0.136. The summed E-state index contributed by atoms with van der Waals surface area (Å²) in [5, 5.41) is 0.879. The van der Waals surface area contributed by atoms with Gasteiger partial charge in [-0.05, 0) is 25.0 Å². The molecule has 2 aromatic rings. The van der Waals surface area contributed by atoms with Crippen LogP contribution in [0.3, 0.4) is 0 Å². The van der Waals surface area contributed by atoms with Crippen molar-refractivity contribution < 1.29 is 19.2 Å². The number of fused-ring (bicyclic) bond motifs is 1. The number of thiazole rings is 1. The van der Waals surface area contributed by atoms with E-state index in [0.717, 1.165) is 35.7 Å². The summed E-state index contributed by atoms with van der Waals surface area (Å²) in [4.78, 5) is 32.9. The van der Waals surface area contributed by atoms with Crippen molar-refractivity contribution in [2.24, 2.45) is 0 Å². The number of piperidine rings is 1. The summed E-state index contributed by atoms with van der Waals surface area (Å²) in [5.41, 5.74) is 1.05. The number of likely N-dealkylation sites (tertiary alicyclic amines) is 1. The Morgan fingerprint density at radius 1 is 1.32 bits per heavy atom. The predicted molar refractivity (Wildman–Crippen MR) is 112 cm³/mol. The lowest BCUT2D eigenvalue weighted by Crippen LogP contribution is -3.14. The molecule has 8 heteroatoms. The van der Waals surface area contributed by atoms with Crippen LogP contribution in [0.15, 0.2) is 24.3 Å². The van der Waals surface area contributed by atoms with Gasteiger partial charge in [0.25, 0.3) is 5.91 Å². The first-order chi connectivity index (χ1) is 13.7. The third kappa shape index (κ3) is 4.18. The number of carbonyl (C=O) groups excluding carboxylic acids is 2. The number of methoxy groups -OCH3 is 1. The van der Waals surface area contributed by atoms with Gasteiger partial charge in [-0.2, -0.15) is 0 Å². The van der Waals surface area contributed by atoms with E-state index in [2.05, 4.69) is 12.1 Å². The topological polar surface area (TPSA) is 63.9 Å². The van der Waals surface area contributed by atoms with Crippen LogP contribution in [0, 0.1) is 0 Å². The quantitative estimate of drug-likeness (QED) is 0.760. The van der Waals surface area contributed by atoms with Crippen molar-refractivity contribution in [1.29, 1.82) is 0 Å². The van der Waals surface area contributed by atoms with E-state index in [1.807, 2.05) is 17.0 Å². The highest BCUT2D eigenvalue weighted by Crippen LogP contribution is 2.28. The number of para-hydroxylation sites is 1. The van der Waals surface area contributed by atoms with Crippen LogP contribution >= 0.6 is 23.1 Å². The van der Waals surface area contributed by atoms with Crippen LogP contribution in [0.25, 0.3) is 10.2 Å². The van der Waals surface area contributed by atoms with Gasteiger partial charge in [-0.3, -0.25) is 9.59 Å². The third-order valence-corrected chi connectivity index (χ3v) is 7.92. The molecule has 0 spiro atoms. The average Bonchev–Trinajstić information content (AvgIpc) is 3.17. The summed E-state index contributed by atoms with van der Waals surface area (Å²) < 4.78 is 6.07. The largest absolute Gasteiger partial charge is 0.468 e. The lowest BCUT2D eigenvalue weighted by atomic mass is 10.0. The number of thioether (sulfide) groups is 1. The average molecular weight is 421 g/mol. The van der Waals surface area contributed by atoms with E-state index in [1.165, 1.54) is 23.1 Å². The van der Waals surface area contributed by atoms with Gasteiger partial charge in [0.2, 0.25) is 0 Å². The molecule has 150 valence electrons. The maximum atomic E-state index is 13.0. The Hall–Kier alpha value is -1.64. The normalized spacial score (nSPS) is 25.6. The standard InChI is InChI=1S/C20H25N3O3S2/c1-26-20(25)17-12-23(10-11-27-17)18(24)13-22-9-5-4-7-15(22)19-21-14-6-2-3-8-16(14)28-19/h2-3,6,8,15,17H,4-5,7,9-13H2,1H3/p+1/t15-,17-/m1/s1. The second-order valence-corrected chi connectivity index (χ2v) is 9.75. The van der Waals surface area contributed by atoms with Crippen LogP contribution in [-0.2, 0) is 14.3 Å². The van der Waals surface area contributed by atoms with Crippen LogP contribution < -0.4 is 4.90 Å². The van der Waals surface area contributed by atoms with Crippen molar-refractivity contribution in [3.63, 3.8) is 0 Å². The Morgan fingerprint density at radius 2 is 2.18 bits per heavy atom. The Balaban J connectivity index is 1.46. The van der Waals surface area contributed by atoms with E-state index in [0.29, 0.717) is 19.6 Å². The molecular weight excluding hydrogens is 394 g/mol. The van der Waals surface area contributed by atoms with Crippen molar-refractivity contribution >= 4 is 45.2 Å². The Bertz CT molecular complexity index is 823. The predicted octanol–water partition coefficient (Wildman–Crippen LogP) is 1.52. The summed E-state index contributed by atoms with van der Waals surface area (Å²) in [7, 11) is 1.41. The van der Waals surface area contributed by atoms with Gasteiger partial charge in [-0.1, -0.05) is 12.1 Å². The maximum Gasteiger partial charge on any atom is 0.320 e. The minimum Gasteiger partial charge on any atom is -0.468 e. The number of esters is 1. The first kappa shape index (κ1) is 19.7. The fraction of sp³-hybridized carbons (Fsp3) is 0.550. The van der Waals surface area contributed by atoms with Crippen molar-refractivity contribution in [1.82, 2.24) is 9.88 Å². The molecule has 1 amide bonds. The molecule has 2 aliphatic rings. The summed E-state index contributed by atoms with van der Waals surface area (Å²) in [6.45, 7) is 2.62. The Morgan fingerprint density at radius 3 is 3.00 bits per heavy atom. The molecule has 1 aromatic carbocycles.